The highest BCUT2D eigenvalue weighted by molar-refractivity contribution is 7.71. The maximum absolute atomic E-state index is 13.0. The molecule has 0 saturated heterocycles. The predicted octanol–water partition coefficient (Wildman–Crippen LogP) is 6.42. The lowest BCUT2D eigenvalue weighted by Crippen LogP contribution is -2.04. The number of pyridine rings is 1. The Labute approximate surface area is 149 Å². The lowest BCUT2D eigenvalue weighted by Gasteiger charge is -2.14. The summed E-state index contributed by atoms with van der Waals surface area (Å²) in [5, 5.41) is 0. The topological polar surface area (TPSA) is 4.93 Å². The Kier molecular flexibility index (Phi) is 4.52. The molecule has 25 heavy (non-hydrogen) atoms. The van der Waals surface area contributed by atoms with Crippen LogP contribution in [-0.2, 0) is 13.2 Å². The first-order valence-corrected chi connectivity index (χ1v) is 8.12. The second kappa shape index (κ2) is 6.48. The van der Waals surface area contributed by atoms with Crippen LogP contribution in [0.2, 0.25) is 0 Å². The van der Waals surface area contributed by atoms with Gasteiger partial charge < -0.3 is 4.57 Å². The number of nitrogens with zero attached hydrogens (tertiary/aromatic N) is 1. The van der Waals surface area contributed by atoms with Gasteiger partial charge in [-0.05, 0) is 35.7 Å². The number of rotatable bonds is 2. The maximum atomic E-state index is 13.0. The van der Waals surface area contributed by atoms with Crippen LogP contribution in [0.15, 0.2) is 60.9 Å². The van der Waals surface area contributed by atoms with Crippen molar-refractivity contribution < 1.29 is 13.2 Å². The second-order valence-corrected chi connectivity index (χ2v) is 6.38. The summed E-state index contributed by atoms with van der Waals surface area (Å²) in [6.45, 7) is 1.99. The molecule has 5 heteroatoms. The van der Waals surface area contributed by atoms with E-state index in [0.29, 0.717) is 15.6 Å². The van der Waals surface area contributed by atoms with Gasteiger partial charge in [-0.1, -0.05) is 48.6 Å². The highest BCUT2D eigenvalue weighted by Gasteiger charge is 2.30. The molecule has 3 rings (SSSR count). The van der Waals surface area contributed by atoms with E-state index in [-0.39, 0.29) is 0 Å². The molecule has 0 bridgehead atoms. The van der Waals surface area contributed by atoms with Gasteiger partial charge in [0.15, 0.2) is 0 Å². The van der Waals surface area contributed by atoms with Crippen molar-refractivity contribution in [2.75, 3.05) is 0 Å². The molecular formula is C20H16F3NS. The van der Waals surface area contributed by atoms with Crippen molar-refractivity contribution in [2.24, 2.45) is 7.05 Å². The van der Waals surface area contributed by atoms with Gasteiger partial charge in [-0.15, -0.1) is 0 Å². The fourth-order valence-corrected chi connectivity index (χ4v) is 3.18. The van der Waals surface area contributed by atoms with Crippen molar-refractivity contribution in [3.63, 3.8) is 0 Å². The molecule has 0 unspecified atom stereocenters. The molecule has 0 radical (unpaired) electrons. The Hall–Kier alpha value is -2.40. The van der Waals surface area contributed by atoms with Crippen molar-refractivity contribution in [1.29, 1.82) is 0 Å². The maximum Gasteiger partial charge on any atom is 0.416 e. The summed E-state index contributed by atoms with van der Waals surface area (Å²) < 4.78 is 41.5. The molecule has 128 valence electrons. The summed E-state index contributed by atoms with van der Waals surface area (Å²) in [7, 11) is 1.84. The molecule has 0 aliphatic heterocycles. The van der Waals surface area contributed by atoms with Crippen LogP contribution in [0.5, 0.6) is 0 Å². The molecule has 1 aromatic heterocycles. The molecule has 2 aromatic carbocycles. The number of hydrogen-bond donors (Lipinski definition) is 0. The molecular weight excluding hydrogens is 343 g/mol. The van der Waals surface area contributed by atoms with Crippen molar-refractivity contribution >= 4 is 12.2 Å². The van der Waals surface area contributed by atoms with Gasteiger partial charge in [-0.3, -0.25) is 0 Å². The van der Waals surface area contributed by atoms with E-state index in [1.807, 2.05) is 49.0 Å². The lowest BCUT2D eigenvalue weighted by atomic mass is 9.98. The zero-order valence-corrected chi connectivity index (χ0v) is 14.6. The van der Waals surface area contributed by atoms with Crippen LogP contribution in [0, 0.1) is 11.4 Å². The first kappa shape index (κ1) is 17.4. The molecule has 1 heterocycles. The van der Waals surface area contributed by atoms with E-state index in [1.54, 1.807) is 12.3 Å². The highest BCUT2D eigenvalue weighted by Crippen LogP contribution is 2.34. The van der Waals surface area contributed by atoms with Gasteiger partial charge in [0.05, 0.1) is 10.1 Å². The normalized spacial score (nSPS) is 11.6. The van der Waals surface area contributed by atoms with Crippen molar-refractivity contribution in [3.8, 4) is 22.3 Å². The number of alkyl halides is 3. The highest BCUT2D eigenvalue weighted by atomic mass is 32.1. The largest absolute Gasteiger partial charge is 0.416 e. The Morgan fingerprint density at radius 1 is 0.880 bits per heavy atom. The Morgan fingerprint density at radius 2 is 1.56 bits per heavy atom. The van der Waals surface area contributed by atoms with Crippen molar-refractivity contribution in [3.05, 3.63) is 76.6 Å². The number of benzene rings is 2. The summed E-state index contributed by atoms with van der Waals surface area (Å²) in [5.41, 5.74) is 3.29. The van der Waals surface area contributed by atoms with E-state index < -0.39 is 11.7 Å². The van der Waals surface area contributed by atoms with E-state index in [1.165, 1.54) is 6.07 Å². The van der Waals surface area contributed by atoms with Gasteiger partial charge in [0, 0.05) is 30.6 Å². The van der Waals surface area contributed by atoms with Gasteiger partial charge in [0.25, 0.3) is 0 Å². The van der Waals surface area contributed by atoms with Gasteiger partial charge >= 0.3 is 6.18 Å². The first-order valence-electron chi connectivity index (χ1n) is 7.71. The molecule has 0 spiro atoms. The van der Waals surface area contributed by atoms with Gasteiger partial charge in [-0.2, -0.15) is 13.2 Å². The molecule has 0 aliphatic rings. The van der Waals surface area contributed by atoms with Gasteiger partial charge in [0.1, 0.15) is 0 Å². The predicted molar refractivity (Wildman–Crippen MR) is 96.9 cm³/mol. The minimum absolute atomic E-state index is 0.464. The average molecular weight is 359 g/mol. The fraction of sp³-hybridized carbons (Fsp3) is 0.150. The molecule has 0 aliphatic carbocycles. The zero-order valence-electron chi connectivity index (χ0n) is 13.8. The van der Waals surface area contributed by atoms with E-state index in [0.717, 1.165) is 28.8 Å². The number of halogens is 3. The van der Waals surface area contributed by atoms with Gasteiger partial charge in [-0.25, -0.2) is 0 Å². The quantitative estimate of drug-likeness (QED) is 0.478. The molecule has 0 amide bonds. The zero-order chi connectivity index (χ0) is 18.2. The Bertz CT molecular complexity index is 987. The van der Waals surface area contributed by atoms with Crippen molar-refractivity contribution in [1.82, 2.24) is 4.57 Å². The first-order chi connectivity index (χ1) is 11.8. The summed E-state index contributed by atoms with van der Waals surface area (Å²) in [5.74, 6) is 0. The molecule has 0 fully saturated rings. The van der Waals surface area contributed by atoms with E-state index in [2.05, 4.69) is 0 Å². The summed E-state index contributed by atoms with van der Waals surface area (Å²) >= 11 is 5.62. The smallest absolute Gasteiger partial charge is 0.356 e. The minimum atomic E-state index is -4.38. The van der Waals surface area contributed by atoms with E-state index in [9.17, 15) is 13.2 Å². The molecule has 0 N–H and O–H groups in total. The number of aromatic nitrogens is 1. The lowest BCUT2D eigenvalue weighted by molar-refractivity contribution is -0.137. The Balaban J connectivity index is 2.23. The monoisotopic (exact) mass is 359 g/mol. The molecule has 1 nitrogen and oxygen atoms in total. The van der Waals surface area contributed by atoms with E-state index >= 15 is 0 Å². The molecule has 0 atom stereocenters. The average Bonchev–Trinajstić information content (AvgIpc) is 2.57. The number of hydrogen-bond acceptors (Lipinski definition) is 1. The van der Waals surface area contributed by atoms with Crippen LogP contribution >= 0.6 is 12.2 Å². The minimum Gasteiger partial charge on any atom is -0.356 e. The summed E-state index contributed by atoms with van der Waals surface area (Å²) in [6.07, 6.45) is -0.713. The third-order valence-electron chi connectivity index (χ3n) is 4.09. The fourth-order valence-electron chi connectivity index (χ4n) is 2.84. The molecule has 0 saturated carbocycles. The summed E-state index contributed by atoms with van der Waals surface area (Å²) in [6, 6.07) is 13.1. The van der Waals surface area contributed by atoms with Crippen LogP contribution < -0.4 is 0 Å². The summed E-state index contributed by atoms with van der Waals surface area (Å²) in [4.78, 5) is 0. The standard InChI is InChI=1S/C20H16F3NS/c1-13-6-3-4-9-16(13)18-12-24(2)11-17(19(18)25)14-7-5-8-15(10-14)20(21,22)23/h3-12H,1-2H3. The molecule has 3 aromatic rings. The number of aryl methyl sites for hydroxylation is 2. The van der Waals surface area contributed by atoms with Crippen LogP contribution in [0.4, 0.5) is 13.2 Å². The van der Waals surface area contributed by atoms with Crippen LogP contribution in [-0.4, -0.2) is 4.57 Å². The Morgan fingerprint density at radius 3 is 2.24 bits per heavy atom. The SMILES string of the molecule is Cc1ccccc1-c1cn(C)cc(-c2cccc(C(F)(F)F)c2)c1=S. The van der Waals surface area contributed by atoms with Crippen LogP contribution in [0.25, 0.3) is 22.3 Å². The second-order valence-electron chi connectivity index (χ2n) is 5.97. The third kappa shape index (κ3) is 3.51. The van der Waals surface area contributed by atoms with Crippen molar-refractivity contribution in [2.45, 2.75) is 13.1 Å². The van der Waals surface area contributed by atoms with Crippen LogP contribution in [0.1, 0.15) is 11.1 Å². The van der Waals surface area contributed by atoms with Gasteiger partial charge in [0.2, 0.25) is 0 Å². The third-order valence-corrected chi connectivity index (χ3v) is 4.53. The van der Waals surface area contributed by atoms with E-state index in [4.69, 9.17) is 12.2 Å². The van der Waals surface area contributed by atoms with Crippen LogP contribution in [0.3, 0.4) is 0 Å².